The first-order chi connectivity index (χ1) is 13.7. The molecule has 0 saturated carbocycles. The number of benzene rings is 2. The second kappa shape index (κ2) is 9.47. The van der Waals surface area contributed by atoms with Gasteiger partial charge in [0, 0.05) is 30.1 Å². The average Bonchev–Trinajstić information content (AvgIpc) is 3.08. The third kappa shape index (κ3) is 5.04. The summed E-state index contributed by atoms with van der Waals surface area (Å²) in [5.74, 6) is 5.91. The Morgan fingerprint density at radius 2 is 1.86 bits per heavy atom. The summed E-state index contributed by atoms with van der Waals surface area (Å²) in [5.41, 5.74) is 10.9. The molecule has 1 amide bonds. The van der Waals surface area contributed by atoms with Crippen molar-refractivity contribution in [3.05, 3.63) is 82.2 Å². The zero-order valence-electron chi connectivity index (χ0n) is 15.3. The number of amides is 1. The molecule has 1 aliphatic heterocycles. The van der Waals surface area contributed by atoms with Gasteiger partial charge in [-0.1, -0.05) is 65.5 Å². The van der Waals surface area contributed by atoms with Gasteiger partial charge < -0.3 is 5.11 Å². The van der Waals surface area contributed by atoms with Crippen LogP contribution in [0.1, 0.15) is 11.1 Å². The Bertz CT molecular complexity index is 901. The number of hydrogen-bond acceptors (Lipinski definition) is 3. The number of likely N-dealkylation sites (tertiary alicyclic amines) is 1. The van der Waals surface area contributed by atoms with Gasteiger partial charge in [0.1, 0.15) is 0 Å². The SMILES string of the molecule is [N-]=[N+]=NC1CN(Cc2ccccc2)CC1N(CC#Cc1ccccc1)C(=O)O. The van der Waals surface area contributed by atoms with Gasteiger partial charge in [-0.25, -0.2) is 4.79 Å². The number of azide groups is 1. The van der Waals surface area contributed by atoms with E-state index in [9.17, 15) is 9.90 Å². The number of nitrogens with zero attached hydrogens (tertiary/aromatic N) is 5. The zero-order valence-corrected chi connectivity index (χ0v) is 15.3. The van der Waals surface area contributed by atoms with Crippen LogP contribution in [0.5, 0.6) is 0 Å². The minimum absolute atomic E-state index is 0.0610. The van der Waals surface area contributed by atoms with Crippen LogP contribution in [0.15, 0.2) is 65.8 Å². The van der Waals surface area contributed by atoms with E-state index in [4.69, 9.17) is 5.53 Å². The molecule has 0 bridgehead atoms. The van der Waals surface area contributed by atoms with Gasteiger partial charge in [-0.05, 0) is 23.2 Å². The smallest absolute Gasteiger partial charge is 0.408 e. The quantitative estimate of drug-likeness (QED) is 0.375. The van der Waals surface area contributed by atoms with Gasteiger partial charge in [-0.15, -0.1) is 0 Å². The molecule has 1 fully saturated rings. The van der Waals surface area contributed by atoms with Gasteiger partial charge in [0.05, 0.1) is 18.6 Å². The van der Waals surface area contributed by atoms with E-state index in [-0.39, 0.29) is 6.54 Å². The highest BCUT2D eigenvalue weighted by Crippen LogP contribution is 2.21. The van der Waals surface area contributed by atoms with Gasteiger partial charge in [0.15, 0.2) is 0 Å². The van der Waals surface area contributed by atoms with E-state index >= 15 is 0 Å². The monoisotopic (exact) mass is 375 g/mol. The van der Waals surface area contributed by atoms with Crippen LogP contribution in [0.25, 0.3) is 10.4 Å². The molecule has 1 heterocycles. The Morgan fingerprint density at radius 1 is 1.18 bits per heavy atom. The molecule has 7 heteroatoms. The molecule has 0 radical (unpaired) electrons. The van der Waals surface area contributed by atoms with Crippen molar-refractivity contribution in [3.63, 3.8) is 0 Å². The zero-order chi connectivity index (χ0) is 19.8. The van der Waals surface area contributed by atoms with Crippen molar-refractivity contribution in [2.24, 2.45) is 5.11 Å². The lowest BCUT2D eigenvalue weighted by molar-refractivity contribution is 0.129. The van der Waals surface area contributed by atoms with Crippen molar-refractivity contribution >= 4 is 6.09 Å². The van der Waals surface area contributed by atoms with Gasteiger partial charge >= 0.3 is 6.09 Å². The van der Waals surface area contributed by atoms with E-state index in [1.54, 1.807) is 0 Å². The predicted molar refractivity (Wildman–Crippen MR) is 106 cm³/mol. The maximum Gasteiger partial charge on any atom is 0.408 e. The summed E-state index contributed by atoms with van der Waals surface area (Å²) in [7, 11) is 0. The van der Waals surface area contributed by atoms with Crippen LogP contribution in [0.3, 0.4) is 0 Å². The van der Waals surface area contributed by atoms with Gasteiger partial charge in [0.25, 0.3) is 0 Å². The van der Waals surface area contributed by atoms with Gasteiger partial charge in [-0.2, -0.15) is 0 Å². The Balaban J connectivity index is 1.73. The van der Waals surface area contributed by atoms with Crippen LogP contribution in [-0.4, -0.2) is 52.7 Å². The molecule has 1 aliphatic rings. The summed E-state index contributed by atoms with van der Waals surface area (Å²) in [6, 6.07) is 18.5. The number of carboxylic acid groups (broad SMARTS) is 1. The molecule has 2 aromatic carbocycles. The van der Waals surface area contributed by atoms with E-state index in [1.165, 1.54) is 4.90 Å². The van der Waals surface area contributed by atoms with Crippen molar-refractivity contribution in [2.75, 3.05) is 19.6 Å². The molecular weight excluding hydrogens is 354 g/mol. The maximum atomic E-state index is 11.8. The average molecular weight is 375 g/mol. The molecule has 2 unspecified atom stereocenters. The molecule has 2 aromatic rings. The largest absolute Gasteiger partial charge is 0.465 e. The van der Waals surface area contributed by atoms with E-state index in [0.29, 0.717) is 19.6 Å². The summed E-state index contributed by atoms with van der Waals surface area (Å²) < 4.78 is 0. The molecule has 0 aliphatic carbocycles. The molecule has 0 spiro atoms. The predicted octanol–water partition coefficient (Wildman–Crippen LogP) is 3.58. The van der Waals surface area contributed by atoms with E-state index < -0.39 is 18.2 Å². The molecule has 0 aromatic heterocycles. The van der Waals surface area contributed by atoms with Crippen LogP contribution in [0.4, 0.5) is 4.79 Å². The molecule has 1 N–H and O–H groups in total. The molecule has 28 heavy (non-hydrogen) atoms. The van der Waals surface area contributed by atoms with Crippen molar-refractivity contribution in [2.45, 2.75) is 18.6 Å². The van der Waals surface area contributed by atoms with Crippen LogP contribution in [0, 0.1) is 11.8 Å². The molecule has 3 rings (SSSR count). The highest BCUT2D eigenvalue weighted by Gasteiger charge is 2.38. The second-order valence-corrected chi connectivity index (χ2v) is 6.60. The number of rotatable bonds is 5. The Hall–Kier alpha value is -3.46. The van der Waals surface area contributed by atoms with Gasteiger partial charge in [-0.3, -0.25) is 9.80 Å². The fourth-order valence-electron chi connectivity index (χ4n) is 3.38. The van der Waals surface area contributed by atoms with Crippen LogP contribution in [-0.2, 0) is 6.54 Å². The van der Waals surface area contributed by atoms with Gasteiger partial charge in [0.2, 0.25) is 0 Å². The Labute approximate surface area is 163 Å². The highest BCUT2D eigenvalue weighted by molar-refractivity contribution is 5.66. The minimum Gasteiger partial charge on any atom is -0.465 e. The maximum absolute atomic E-state index is 11.8. The minimum atomic E-state index is -1.06. The molecule has 7 nitrogen and oxygen atoms in total. The molecule has 1 saturated heterocycles. The molecule has 2 atom stereocenters. The van der Waals surface area contributed by atoms with Crippen molar-refractivity contribution in [1.82, 2.24) is 9.80 Å². The van der Waals surface area contributed by atoms with Crippen LogP contribution in [0.2, 0.25) is 0 Å². The summed E-state index contributed by atoms with van der Waals surface area (Å²) in [4.78, 5) is 18.2. The lowest BCUT2D eigenvalue weighted by Gasteiger charge is -2.26. The van der Waals surface area contributed by atoms with Crippen molar-refractivity contribution < 1.29 is 9.90 Å². The summed E-state index contributed by atoms with van der Waals surface area (Å²) in [6.45, 7) is 1.75. The fourth-order valence-corrected chi connectivity index (χ4v) is 3.38. The molecule has 142 valence electrons. The van der Waals surface area contributed by atoms with E-state index in [1.807, 2.05) is 60.7 Å². The van der Waals surface area contributed by atoms with E-state index in [0.717, 1.165) is 11.1 Å². The first kappa shape index (κ1) is 19.3. The topological polar surface area (TPSA) is 92.5 Å². The van der Waals surface area contributed by atoms with Crippen LogP contribution < -0.4 is 0 Å². The third-order valence-corrected chi connectivity index (χ3v) is 4.69. The summed E-state index contributed by atoms with van der Waals surface area (Å²) in [5, 5.41) is 13.5. The molecular formula is C21H21N5O2. The first-order valence-corrected chi connectivity index (χ1v) is 9.01. The summed E-state index contributed by atoms with van der Waals surface area (Å²) >= 11 is 0. The Morgan fingerprint density at radius 3 is 2.50 bits per heavy atom. The van der Waals surface area contributed by atoms with Crippen molar-refractivity contribution in [1.29, 1.82) is 0 Å². The standard InChI is InChI=1S/C21H21N5O2/c22-24-23-19-15-25(14-18-10-5-2-6-11-18)16-20(19)26(21(27)28)13-7-12-17-8-3-1-4-9-17/h1-6,8-11,19-20H,13-16H2,(H,27,28). The number of carbonyl (C=O) groups is 1. The lowest BCUT2D eigenvalue weighted by Crippen LogP contribution is -2.45. The van der Waals surface area contributed by atoms with Crippen LogP contribution >= 0.6 is 0 Å². The normalized spacial score (nSPS) is 18.6. The lowest BCUT2D eigenvalue weighted by atomic mass is 10.1. The highest BCUT2D eigenvalue weighted by atomic mass is 16.4. The Kier molecular flexibility index (Phi) is 6.53. The van der Waals surface area contributed by atoms with Crippen molar-refractivity contribution in [3.8, 4) is 11.8 Å². The third-order valence-electron chi connectivity index (χ3n) is 4.69. The van der Waals surface area contributed by atoms with E-state index in [2.05, 4.69) is 26.8 Å². The first-order valence-electron chi connectivity index (χ1n) is 9.01. The number of hydrogen-bond donors (Lipinski definition) is 1. The second-order valence-electron chi connectivity index (χ2n) is 6.60. The fraction of sp³-hybridized carbons (Fsp3) is 0.286. The summed E-state index contributed by atoms with van der Waals surface area (Å²) in [6.07, 6.45) is -1.06.